The quantitative estimate of drug-likeness (QED) is 0.676. The van der Waals surface area contributed by atoms with E-state index < -0.39 is 16.1 Å². The molecule has 132 valence electrons. The van der Waals surface area contributed by atoms with Crippen LogP contribution in [0.25, 0.3) is 11.1 Å². The lowest BCUT2D eigenvalue weighted by Gasteiger charge is -2.37. The van der Waals surface area contributed by atoms with Gasteiger partial charge in [0.25, 0.3) is 10.0 Å². The van der Waals surface area contributed by atoms with Gasteiger partial charge in [0.1, 0.15) is 5.75 Å². The fourth-order valence-corrected chi connectivity index (χ4v) is 5.24. The summed E-state index contributed by atoms with van der Waals surface area (Å²) in [4.78, 5) is 0.118. The number of hydrogen-bond acceptors (Lipinski definition) is 3. The molecule has 26 heavy (non-hydrogen) atoms. The van der Waals surface area contributed by atoms with Crippen molar-refractivity contribution in [3.05, 3.63) is 77.3 Å². The summed E-state index contributed by atoms with van der Waals surface area (Å²) in [7, 11) is -3.84. The first-order chi connectivity index (χ1) is 12.4. The van der Waals surface area contributed by atoms with E-state index >= 15 is 0 Å². The van der Waals surface area contributed by atoms with E-state index in [1.807, 2.05) is 37.3 Å². The summed E-state index contributed by atoms with van der Waals surface area (Å²) in [5, 5.41) is 9.96. The molecule has 1 aliphatic rings. The van der Waals surface area contributed by atoms with Crippen LogP contribution in [0, 0.1) is 0 Å². The maximum Gasteiger partial charge on any atom is 0.264 e. The number of anilines is 1. The molecule has 0 amide bonds. The van der Waals surface area contributed by atoms with Crippen molar-refractivity contribution in [2.45, 2.75) is 17.9 Å². The molecule has 1 atom stereocenters. The predicted octanol–water partition coefficient (Wildman–Crippen LogP) is 4.98. The molecule has 0 saturated carbocycles. The molecule has 0 aromatic heterocycles. The number of aromatic hydroxyl groups is 1. The molecule has 0 aliphatic carbocycles. The van der Waals surface area contributed by atoms with Crippen molar-refractivity contribution in [3.63, 3.8) is 0 Å². The van der Waals surface area contributed by atoms with Gasteiger partial charge in [0, 0.05) is 10.6 Å². The molecule has 6 heteroatoms. The summed E-state index contributed by atoms with van der Waals surface area (Å²) in [5.74, 6) is 0.0180. The van der Waals surface area contributed by atoms with E-state index in [9.17, 15) is 13.5 Å². The standard InChI is InChI=1S/C20H16ClNO3S/c1-13-17-4-2-3-5-18(17)19-11-6-14(21)12-20(19)22(13)26(24,25)16-9-7-15(23)8-10-16/h2-13,23H,1H3. The molecule has 3 aromatic rings. The summed E-state index contributed by atoms with van der Waals surface area (Å²) in [6, 6.07) is 18.2. The summed E-state index contributed by atoms with van der Waals surface area (Å²) in [6.07, 6.45) is 0. The Bertz CT molecular complexity index is 1090. The molecule has 1 aliphatic heterocycles. The van der Waals surface area contributed by atoms with Gasteiger partial charge < -0.3 is 5.11 Å². The molecular weight excluding hydrogens is 370 g/mol. The van der Waals surface area contributed by atoms with Gasteiger partial charge in [0.05, 0.1) is 16.6 Å². The number of rotatable bonds is 2. The Morgan fingerprint density at radius 3 is 2.38 bits per heavy atom. The van der Waals surface area contributed by atoms with Gasteiger partial charge in [0.15, 0.2) is 0 Å². The van der Waals surface area contributed by atoms with Crippen LogP contribution in [0.2, 0.25) is 5.02 Å². The van der Waals surface area contributed by atoms with Crippen LogP contribution < -0.4 is 4.31 Å². The zero-order valence-electron chi connectivity index (χ0n) is 13.9. The van der Waals surface area contributed by atoms with Crippen LogP contribution in [-0.4, -0.2) is 13.5 Å². The molecule has 1 unspecified atom stereocenters. The van der Waals surface area contributed by atoms with Gasteiger partial charge in [-0.15, -0.1) is 0 Å². The van der Waals surface area contributed by atoms with Gasteiger partial charge in [-0.1, -0.05) is 41.9 Å². The minimum absolute atomic E-state index is 0.0180. The fourth-order valence-electron chi connectivity index (χ4n) is 3.43. The maximum absolute atomic E-state index is 13.4. The number of fused-ring (bicyclic) bond motifs is 3. The molecule has 3 aromatic carbocycles. The second-order valence-electron chi connectivity index (χ2n) is 6.22. The highest BCUT2D eigenvalue weighted by atomic mass is 35.5. The second-order valence-corrected chi connectivity index (χ2v) is 8.47. The van der Waals surface area contributed by atoms with Crippen molar-refractivity contribution in [2.24, 2.45) is 0 Å². The summed E-state index contributed by atoms with van der Waals surface area (Å²) in [6.45, 7) is 1.86. The Kier molecular flexibility index (Phi) is 3.93. The van der Waals surface area contributed by atoms with Crippen LogP contribution in [-0.2, 0) is 10.0 Å². The van der Waals surface area contributed by atoms with E-state index in [0.29, 0.717) is 10.7 Å². The smallest absolute Gasteiger partial charge is 0.264 e. The Hall–Kier alpha value is -2.50. The average Bonchev–Trinajstić information content (AvgIpc) is 2.62. The molecule has 0 fully saturated rings. The molecular formula is C20H16ClNO3S. The van der Waals surface area contributed by atoms with Gasteiger partial charge in [-0.05, 0) is 54.4 Å². The van der Waals surface area contributed by atoms with Crippen molar-refractivity contribution in [3.8, 4) is 16.9 Å². The van der Waals surface area contributed by atoms with Crippen LogP contribution in [0.15, 0.2) is 71.6 Å². The van der Waals surface area contributed by atoms with Crippen LogP contribution >= 0.6 is 11.6 Å². The average molecular weight is 386 g/mol. The van der Waals surface area contributed by atoms with Crippen LogP contribution in [0.1, 0.15) is 18.5 Å². The van der Waals surface area contributed by atoms with Gasteiger partial charge in [-0.25, -0.2) is 8.42 Å². The first kappa shape index (κ1) is 16.9. The van der Waals surface area contributed by atoms with E-state index in [1.54, 1.807) is 12.1 Å². The predicted molar refractivity (Wildman–Crippen MR) is 103 cm³/mol. The van der Waals surface area contributed by atoms with Crippen molar-refractivity contribution in [1.82, 2.24) is 0 Å². The number of halogens is 1. The number of phenols is 1. The number of nitrogens with zero attached hydrogens (tertiary/aromatic N) is 1. The lowest BCUT2D eigenvalue weighted by molar-refractivity contribution is 0.474. The number of sulfonamides is 1. The first-order valence-electron chi connectivity index (χ1n) is 8.12. The highest BCUT2D eigenvalue weighted by Gasteiger charge is 2.36. The van der Waals surface area contributed by atoms with Crippen molar-refractivity contribution >= 4 is 27.3 Å². The van der Waals surface area contributed by atoms with Crippen molar-refractivity contribution in [1.29, 1.82) is 0 Å². The monoisotopic (exact) mass is 385 g/mol. The minimum Gasteiger partial charge on any atom is -0.508 e. The van der Waals surface area contributed by atoms with Crippen LogP contribution in [0.5, 0.6) is 5.75 Å². The molecule has 1 heterocycles. The number of phenolic OH excluding ortho intramolecular Hbond substituents is 1. The molecule has 0 saturated heterocycles. The van der Waals surface area contributed by atoms with E-state index in [2.05, 4.69) is 0 Å². The van der Waals surface area contributed by atoms with Crippen LogP contribution in [0.3, 0.4) is 0 Å². The van der Waals surface area contributed by atoms with Gasteiger partial charge >= 0.3 is 0 Å². The molecule has 4 rings (SSSR count). The van der Waals surface area contributed by atoms with Crippen molar-refractivity contribution in [2.75, 3.05) is 4.31 Å². The normalized spacial score (nSPS) is 16.1. The van der Waals surface area contributed by atoms with Crippen molar-refractivity contribution < 1.29 is 13.5 Å². The molecule has 0 bridgehead atoms. The molecule has 0 spiro atoms. The third-order valence-electron chi connectivity index (χ3n) is 4.64. The fraction of sp³-hybridized carbons (Fsp3) is 0.100. The van der Waals surface area contributed by atoms with E-state index in [-0.39, 0.29) is 10.6 Å². The Morgan fingerprint density at radius 2 is 1.65 bits per heavy atom. The number of benzene rings is 3. The van der Waals surface area contributed by atoms with E-state index in [0.717, 1.165) is 16.7 Å². The zero-order chi connectivity index (χ0) is 18.5. The Labute approximate surface area is 157 Å². The third kappa shape index (κ3) is 2.55. The molecule has 0 radical (unpaired) electrons. The molecule has 1 N–H and O–H groups in total. The van der Waals surface area contributed by atoms with E-state index in [4.69, 9.17) is 11.6 Å². The topological polar surface area (TPSA) is 57.6 Å². The lowest BCUT2D eigenvalue weighted by atomic mass is 9.90. The maximum atomic E-state index is 13.4. The van der Waals surface area contributed by atoms with Gasteiger partial charge in [-0.3, -0.25) is 4.31 Å². The SMILES string of the molecule is CC1c2ccccc2-c2ccc(Cl)cc2N1S(=O)(=O)c1ccc(O)cc1. The Balaban J connectivity index is 1.97. The largest absolute Gasteiger partial charge is 0.508 e. The summed E-state index contributed by atoms with van der Waals surface area (Å²) < 4.78 is 28.2. The lowest BCUT2D eigenvalue weighted by Crippen LogP contribution is -2.36. The highest BCUT2D eigenvalue weighted by Crippen LogP contribution is 2.47. The van der Waals surface area contributed by atoms with Gasteiger partial charge in [0.2, 0.25) is 0 Å². The highest BCUT2D eigenvalue weighted by molar-refractivity contribution is 7.92. The summed E-state index contributed by atoms with van der Waals surface area (Å²) >= 11 is 6.18. The zero-order valence-corrected chi connectivity index (χ0v) is 15.5. The van der Waals surface area contributed by atoms with Crippen LogP contribution in [0.4, 0.5) is 5.69 Å². The second kappa shape index (κ2) is 6.04. The third-order valence-corrected chi connectivity index (χ3v) is 6.78. The first-order valence-corrected chi connectivity index (χ1v) is 9.94. The minimum atomic E-state index is -3.84. The summed E-state index contributed by atoms with van der Waals surface area (Å²) in [5.41, 5.74) is 3.32. The number of hydrogen-bond donors (Lipinski definition) is 1. The van der Waals surface area contributed by atoms with E-state index in [1.165, 1.54) is 28.6 Å². The van der Waals surface area contributed by atoms with Gasteiger partial charge in [-0.2, -0.15) is 0 Å². The Morgan fingerprint density at radius 1 is 0.962 bits per heavy atom. The molecule has 4 nitrogen and oxygen atoms in total.